The van der Waals surface area contributed by atoms with E-state index in [2.05, 4.69) is 31.3 Å². The molecule has 0 radical (unpaired) electrons. The zero-order chi connectivity index (χ0) is 18.8. The van der Waals surface area contributed by atoms with Crippen LogP contribution in [0.1, 0.15) is 29.4 Å². The lowest BCUT2D eigenvalue weighted by molar-refractivity contribution is -0.121. The Labute approximate surface area is 159 Å². The number of aryl methyl sites for hydroxylation is 2. The number of H-pyrrole nitrogens is 1. The van der Waals surface area contributed by atoms with Gasteiger partial charge in [-0.25, -0.2) is 9.50 Å². The van der Waals surface area contributed by atoms with E-state index in [1.54, 1.807) is 4.52 Å². The summed E-state index contributed by atoms with van der Waals surface area (Å²) in [6.45, 7) is 5.73. The van der Waals surface area contributed by atoms with E-state index in [4.69, 9.17) is 0 Å². The van der Waals surface area contributed by atoms with E-state index in [1.165, 1.54) is 11.6 Å². The molecule has 136 valence electrons. The van der Waals surface area contributed by atoms with Crippen LogP contribution in [-0.4, -0.2) is 26.5 Å². The third-order valence-corrected chi connectivity index (χ3v) is 4.93. The number of carbonyl (C=O) groups is 1. The molecule has 7 heteroatoms. The van der Waals surface area contributed by atoms with Crippen LogP contribution < -0.4 is 10.9 Å². The van der Waals surface area contributed by atoms with E-state index in [0.717, 1.165) is 27.8 Å². The van der Waals surface area contributed by atoms with E-state index in [-0.39, 0.29) is 23.9 Å². The van der Waals surface area contributed by atoms with Crippen LogP contribution in [0.5, 0.6) is 0 Å². The molecule has 1 atom stereocenters. The average molecular weight is 417 g/mol. The van der Waals surface area contributed by atoms with E-state index < -0.39 is 0 Å². The quantitative estimate of drug-likeness (QED) is 0.670. The van der Waals surface area contributed by atoms with Crippen LogP contribution in [0.2, 0.25) is 0 Å². The van der Waals surface area contributed by atoms with Gasteiger partial charge in [-0.15, -0.1) is 0 Å². The second kappa shape index (κ2) is 7.45. The predicted molar refractivity (Wildman–Crippen MR) is 104 cm³/mol. The molecule has 0 bridgehead atoms. The largest absolute Gasteiger partial charge is 0.353 e. The number of benzene rings is 1. The molecule has 0 aliphatic heterocycles. The van der Waals surface area contributed by atoms with Crippen LogP contribution in [-0.2, 0) is 17.6 Å². The topological polar surface area (TPSA) is 79.3 Å². The molecule has 1 amide bonds. The fraction of sp³-hybridized carbons (Fsp3) is 0.316. The zero-order valence-corrected chi connectivity index (χ0v) is 16.6. The van der Waals surface area contributed by atoms with E-state index in [1.807, 2.05) is 45.0 Å². The maximum Gasteiger partial charge on any atom is 0.266 e. The van der Waals surface area contributed by atoms with Gasteiger partial charge in [-0.3, -0.25) is 14.7 Å². The van der Waals surface area contributed by atoms with Gasteiger partial charge in [0.15, 0.2) is 5.65 Å². The number of hydrogen-bond donors (Lipinski definition) is 2. The second-order valence-corrected chi connectivity index (χ2v) is 7.47. The minimum atomic E-state index is -0.204. The van der Waals surface area contributed by atoms with Crippen molar-refractivity contribution in [2.45, 2.75) is 39.7 Å². The lowest BCUT2D eigenvalue weighted by Gasteiger charge is -2.16. The molecule has 2 N–H and O–H groups in total. The van der Waals surface area contributed by atoms with Gasteiger partial charge in [0.05, 0.1) is 6.42 Å². The summed E-state index contributed by atoms with van der Waals surface area (Å²) in [7, 11) is 0. The van der Waals surface area contributed by atoms with Crippen molar-refractivity contribution in [3.05, 3.63) is 67.7 Å². The van der Waals surface area contributed by atoms with Crippen molar-refractivity contribution in [1.82, 2.24) is 19.9 Å². The van der Waals surface area contributed by atoms with E-state index in [0.29, 0.717) is 5.65 Å². The highest BCUT2D eigenvalue weighted by atomic mass is 79.9. The first-order valence-corrected chi connectivity index (χ1v) is 9.24. The molecule has 0 saturated carbocycles. The minimum absolute atomic E-state index is 0.0207. The Hall–Kier alpha value is -2.41. The number of rotatable bonds is 5. The fourth-order valence-corrected chi connectivity index (χ4v) is 3.39. The van der Waals surface area contributed by atoms with Crippen LogP contribution in [0.4, 0.5) is 0 Å². The number of nitrogens with zero attached hydrogens (tertiary/aromatic N) is 2. The van der Waals surface area contributed by atoms with Crippen LogP contribution in [0.15, 0.2) is 39.6 Å². The Morgan fingerprint density at radius 1 is 1.31 bits per heavy atom. The molecule has 1 unspecified atom stereocenters. The number of hydrogen-bond acceptors (Lipinski definition) is 3. The normalized spacial score (nSPS) is 12.3. The number of aromatic nitrogens is 3. The van der Waals surface area contributed by atoms with Gasteiger partial charge in [0.1, 0.15) is 0 Å². The molecular formula is C19H21BrN4O2. The molecular weight excluding hydrogens is 396 g/mol. The number of nitrogens with one attached hydrogen (secondary N) is 2. The summed E-state index contributed by atoms with van der Waals surface area (Å²) in [5, 5.41) is 5.75. The van der Waals surface area contributed by atoms with Crippen LogP contribution in [0.25, 0.3) is 5.65 Å². The van der Waals surface area contributed by atoms with E-state index >= 15 is 0 Å². The molecule has 3 rings (SSSR count). The van der Waals surface area contributed by atoms with Crippen molar-refractivity contribution >= 4 is 27.5 Å². The van der Waals surface area contributed by atoms with Gasteiger partial charge >= 0.3 is 0 Å². The summed E-state index contributed by atoms with van der Waals surface area (Å²) in [6, 6.07) is 9.55. The molecule has 26 heavy (non-hydrogen) atoms. The van der Waals surface area contributed by atoms with Gasteiger partial charge in [0.25, 0.3) is 5.56 Å². The Morgan fingerprint density at radius 3 is 2.69 bits per heavy atom. The molecule has 2 heterocycles. The molecule has 3 aromatic rings. The summed E-state index contributed by atoms with van der Waals surface area (Å²) < 4.78 is 2.67. The maximum atomic E-state index is 12.5. The Kier molecular flexibility index (Phi) is 5.27. The minimum Gasteiger partial charge on any atom is -0.353 e. The number of halogens is 1. The van der Waals surface area contributed by atoms with Gasteiger partial charge in [0, 0.05) is 33.5 Å². The summed E-state index contributed by atoms with van der Waals surface area (Å²) in [5.41, 5.74) is 3.95. The molecule has 0 spiro atoms. The zero-order valence-electron chi connectivity index (χ0n) is 15.0. The molecule has 0 fully saturated rings. The molecule has 0 aliphatic rings. The fourth-order valence-electron chi connectivity index (χ4n) is 3.12. The van der Waals surface area contributed by atoms with Crippen molar-refractivity contribution in [3.63, 3.8) is 0 Å². The van der Waals surface area contributed by atoms with Gasteiger partial charge in [-0.05, 0) is 44.9 Å². The highest BCUT2D eigenvalue weighted by Crippen LogP contribution is 2.15. The second-order valence-electron chi connectivity index (χ2n) is 6.55. The van der Waals surface area contributed by atoms with Crippen LogP contribution >= 0.6 is 15.9 Å². The number of aromatic amines is 1. The lowest BCUT2D eigenvalue weighted by Crippen LogP contribution is -2.35. The van der Waals surface area contributed by atoms with Gasteiger partial charge in [-0.2, -0.15) is 0 Å². The predicted octanol–water partition coefficient (Wildman–Crippen LogP) is 2.69. The molecule has 0 saturated heterocycles. The van der Waals surface area contributed by atoms with Crippen LogP contribution in [0, 0.1) is 13.8 Å². The van der Waals surface area contributed by atoms with Crippen LogP contribution in [0.3, 0.4) is 0 Å². The summed E-state index contributed by atoms with van der Waals surface area (Å²) in [4.78, 5) is 28.4. The third-order valence-electron chi connectivity index (χ3n) is 4.40. The van der Waals surface area contributed by atoms with Gasteiger partial charge in [0.2, 0.25) is 5.91 Å². The molecule has 0 aliphatic carbocycles. The Morgan fingerprint density at radius 2 is 2.00 bits per heavy atom. The Balaban J connectivity index is 1.70. The van der Waals surface area contributed by atoms with Crippen molar-refractivity contribution in [3.8, 4) is 0 Å². The first-order valence-electron chi connectivity index (χ1n) is 8.45. The number of carbonyl (C=O) groups excluding carboxylic acids is 1. The molecule has 1 aromatic carbocycles. The standard InChI is InChI=1S/C19H21BrN4O2/c1-11(8-14-4-6-15(20)7-5-14)21-18(25)9-16-12(2)22-17-10-19(26)23-24(17)13(16)3/h4-7,10-11H,8-9H2,1-3H3,(H,21,25)(H,23,26). The van der Waals surface area contributed by atoms with Gasteiger partial charge < -0.3 is 5.32 Å². The smallest absolute Gasteiger partial charge is 0.266 e. The summed E-state index contributed by atoms with van der Waals surface area (Å²) >= 11 is 3.42. The summed E-state index contributed by atoms with van der Waals surface area (Å²) in [6.07, 6.45) is 0.991. The van der Waals surface area contributed by atoms with E-state index in [9.17, 15) is 9.59 Å². The number of fused-ring (bicyclic) bond motifs is 1. The van der Waals surface area contributed by atoms with Crippen molar-refractivity contribution < 1.29 is 4.79 Å². The SMILES string of the molecule is Cc1nc2cc(=O)[nH]n2c(C)c1CC(=O)NC(C)Cc1ccc(Br)cc1. The highest BCUT2D eigenvalue weighted by molar-refractivity contribution is 9.10. The summed E-state index contributed by atoms with van der Waals surface area (Å²) in [5.74, 6) is -0.0588. The molecule has 6 nitrogen and oxygen atoms in total. The third kappa shape index (κ3) is 4.04. The highest BCUT2D eigenvalue weighted by Gasteiger charge is 2.15. The first-order chi connectivity index (χ1) is 12.3. The van der Waals surface area contributed by atoms with Crippen molar-refractivity contribution in [1.29, 1.82) is 0 Å². The first kappa shape index (κ1) is 18.4. The number of amides is 1. The maximum absolute atomic E-state index is 12.5. The lowest BCUT2D eigenvalue weighted by atomic mass is 10.1. The molecule has 2 aromatic heterocycles. The van der Waals surface area contributed by atoms with Gasteiger partial charge in [-0.1, -0.05) is 28.1 Å². The Bertz CT molecular complexity index is 1000. The van der Waals surface area contributed by atoms with Crippen molar-refractivity contribution in [2.24, 2.45) is 0 Å². The monoisotopic (exact) mass is 416 g/mol. The average Bonchev–Trinajstić information content (AvgIpc) is 2.94. The van der Waals surface area contributed by atoms with Crippen molar-refractivity contribution in [2.75, 3.05) is 0 Å².